The number of ketones is 1. The lowest BCUT2D eigenvalue weighted by Gasteiger charge is -2.12. The smallest absolute Gasteiger partial charge is 0.141 e. The molecule has 140 valence electrons. The molecule has 0 saturated carbocycles. The quantitative estimate of drug-likeness (QED) is 0.487. The number of benzene rings is 2. The first-order chi connectivity index (χ1) is 13.6. The van der Waals surface area contributed by atoms with Gasteiger partial charge in [0, 0.05) is 36.1 Å². The lowest BCUT2D eigenvalue weighted by molar-refractivity contribution is -0.122. The van der Waals surface area contributed by atoms with Crippen molar-refractivity contribution in [2.24, 2.45) is 5.92 Å². The SMILES string of the molecule is C=CC[C@@H](Cc1c[nH]cn1)C(=O)Cc1ccc(C#Cc2ccc(C)cc2)cc1. The first-order valence-corrected chi connectivity index (χ1v) is 9.43. The molecule has 0 aliphatic carbocycles. The molecule has 28 heavy (non-hydrogen) atoms. The summed E-state index contributed by atoms with van der Waals surface area (Å²) in [6.07, 6.45) is 6.99. The third kappa shape index (κ3) is 5.56. The van der Waals surface area contributed by atoms with Gasteiger partial charge in [-0.1, -0.05) is 47.7 Å². The molecular weight excluding hydrogens is 344 g/mol. The lowest BCUT2D eigenvalue weighted by atomic mass is 9.91. The summed E-state index contributed by atoms with van der Waals surface area (Å²) in [4.78, 5) is 19.9. The molecule has 0 bridgehead atoms. The topological polar surface area (TPSA) is 45.8 Å². The second kappa shape index (κ2) is 9.53. The molecule has 1 N–H and O–H groups in total. The van der Waals surface area contributed by atoms with Gasteiger partial charge in [-0.05, 0) is 43.2 Å². The second-order valence-electron chi connectivity index (χ2n) is 6.94. The van der Waals surface area contributed by atoms with Gasteiger partial charge in [-0.3, -0.25) is 4.79 Å². The number of Topliss-reactive ketones (excluding diaryl/α,β-unsaturated/α-hetero) is 1. The average Bonchev–Trinajstić information content (AvgIpc) is 3.21. The number of aryl methyl sites for hydroxylation is 1. The van der Waals surface area contributed by atoms with E-state index in [1.165, 1.54) is 5.56 Å². The summed E-state index contributed by atoms with van der Waals surface area (Å²) in [5.74, 6) is 6.46. The number of aromatic nitrogens is 2. The molecule has 0 fully saturated rings. The molecule has 3 heteroatoms. The van der Waals surface area contributed by atoms with E-state index in [0.717, 1.165) is 22.4 Å². The van der Waals surface area contributed by atoms with E-state index in [0.29, 0.717) is 19.3 Å². The number of allylic oxidation sites excluding steroid dienone is 1. The van der Waals surface area contributed by atoms with Crippen molar-refractivity contribution in [1.82, 2.24) is 9.97 Å². The monoisotopic (exact) mass is 368 g/mol. The van der Waals surface area contributed by atoms with Crippen LogP contribution in [0.5, 0.6) is 0 Å². The molecule has 1 heterocycles. The van der Waals surface area contributed by atoms with E-state index in [-0.39, 0.29) is 11.7 Å². The van der Waals surface area contributed by atoms with Crippen molar-refractivity contribution in [3.63, 3.8) is 0 Å². The number of rotatable bonds is 7. The third-order valence-corrected chi connectivity index (χ3v) is 4.65. The number of hydrogen-bond donors (Lipinski definition) is 1. The maximum Gasteiger partial charge on any atom is 0.141 e. The van der Waals surface area contributed by atoms with Crippen LogP contribution in [0.1, 0.15) is 34.4 Å². The lowest BCUT2D eigenvalue weighted by Crippen LogP contribution is -2.19. The summed E-state index contributed by atoms with van der Waals surface area (Å²) in [6.45, 7) is 5.85. The molecular formula is C25H24N2O. The molecule has 3 rings (SSSR count). The van der Waals surface area contributed by atoms with Gasteiger partial charge < -0.3 is 4.98 Å². The zero-order valence-corrected chi connectivity index (χ0v) is 16.1. The minimum absolute atomic E-state index is 0.0956. The Morgan fingerprint density at radius 1 is 1.11 bits per heavy atom. The van der Waals surface area contributed by atoms with E-state index >= 15 is 0 Å². The Hall–Kier alpha value is -3.38. The Labute approximate surface area is 166 Å². The Bertz CT molecular complexity index is 972. The number of nitrogens with zero attached hydrogens (tertiary/aromatic N) is 1. The first kappa shape index (κ1) is 19.4. The molecule has 0 radical (unpaired) electrons. The zero-order chi connectivity index (χ0) is 19.8. The van der Waals surface area contributed by atoms with Crippen LogP contribution in [0.3, 0.4) is 0 Å². The number of carbonyl (C=O) groups is 1. The van der Waals surface area contributed by atoms with Crippen LogP contribution in [0, 0.1) is 24.7 Å². The van der Waals surface area contributed by atoms with Crippen LogP contribution in [0.15, 0.2) is 73.7 Å². The molecule has 1 aromatic heterocycles. The number of H-pyrrole nitrogens is 1. The van der Waals surface area contributed by atoms with Crippen molar-refractivity contribution in [1.29, 1.82) is 0 Å². The number of aromatic amines is 1. The molecule has 2 aromatic carbocycles. The van der Waals surface area contributed by atoms with Gasteiger partial charge in [-0.2, -0.15) is 0 Å². The summed E-state index contributed by atoms with van der Waals surface area (Å²) < 4.78 is 0. The molecule has 0 amide bonds. The van der Waals surface area contributed by atoms with Gasteiger partial charge >= 0.3 is 0 Å². The fourth-order valence-corrected chi connectivity index (χ4v) is 3.02. The molecule has 3 nitrogen and oxygen atoms in total. The largest absolute Gasteiger partial charge is 0.351 e. The van der Waals surface area contributed by atoms with E-state index in [2.05, 4.69) is 47.4 Å². The van der Waals surface area contributed by atoms with E-state index in [1.54, 1.807) is 12.4 Å². The Morgan fingerprint density at radius 3 is 2.32 bits per heavy atom. The van der Waals surface area contributed by atoms with Crippen molar-refractivity contribution >= 4 is 5.78 Å². The van der Waals surface area contributed by atoms with Crippen LogP contribution in [0.4, 0.5) is 0 Å². The van der Waals surface area contributed by atoms with Gasteiger partial charge in [0.15, 0.2) is 0 Å². The molecule has 3 aromatic rings. The highest BCUT2D eigenvalue weighted by atomic mass is 16.1. The van der Waals surface area contributed by atoms with Crippen molar-refractivity contribution in [2.75, 3.05) is 0 Å². The predicted octanol–water partition coefficient (Wildman–Crippen LogP) is 4.66. The number of imidazole rings is 1. The van der Waals surface area contributed by atoms with Crippen molar-refractivity contribution < 1.29 is 4.79 Å². The summed E-state index contributed by atoms with van der Waals surface area (Å²) in [5.41, 5.74) is 5.07. The highest BCUT2D eigenvalue weighted by Crippen LogP contribution is 2.16. The van der Waals surface area contributed by atoms with E-state index in [1.807, 2.05) is 42.6 Å². The normalized spacial score (nSPS) is 11.3. The fraction of sp³-hybridized carbons (Fsp3) is 0.200. The van der Waals surface area contributed by atoms with E-state index < -0.39 is 0 Å². The zero-order valence-electron chi connectivity index (χ0n) is 16.1. The summed E-state index contributed by atoms with van der Waals surface area (Å²) >= 11 is 0. The Kier molecular flexibility index (Phi) is 6.59. The molecule has 0 saturated heterocycles. The molecule has 0 spiro atoms. The maximum absolute atomic E-state index is 12.7. The fourth-order valence-electron chi connectivity index (χ4n) is 3.02. The van der Waals surface area contributed by atoms with Crippen LogP contribution in [-0.2, 0) is 17.6 Å². The predicted molar refractivity (Wildman–Crippen MR) is 113 cm³/mol. The van der Waals surface area contributed by atoms with Gasteiger partial charge in [0.1, 0.15) is 5.78 Å². The molecule has 1 atom stereocenters. The maximum atomic E-state index is 12.7. The number of hydrogen-bond acceptors (Lipinski definition) is 2. The van der Waals surface area contributed by atoms with Gasteiger partial charge in [-0.15, -0.1) is 6.58 Å². The van der Waals surface area contributed by atoms with Crippen LogP contribution >= 0.6 is 0 Å². The van der Waals surface area contributed by atoms with Gasteiger partial charge in [0.2, 0.25) is 0 Å². The van der Waals surface area contributed by atoms with Crippen molar-refractivity contribution in [2.45, 2.75) is 26.2 Å². The standard InChI is InChI=1S/C25H24N2O/c1-3-4-23(16-24-17-26-18-27-24)25(28)15-22-13-11-21(12-14-22)10-9-20-7-5-19(2)6-8-20/h3,5-8,11-14,17-18,23H,1,4,15-16H2,2H3,(H,26,27)/t23-/m0/s1. The number of nitrogens with one attached hydrogen (secondary N) is 1. The highest BCUT2D eigenvalue weighted by molar-refractivity contribution is 5.83. The summed E-state index contributed by atoms with van der Waals surface area (Å²) in [5, 5.41) is 0. The van der Waals surface area contributed by atoms with Crippen LogP contribution in [0.25, 0.3) is 0 Å². The van der Waals surface area contributed by atoms with Gasteiger partial charge in [0.25, 0.3) is 0 Å². The highest BCUT2D eigenvalue weighted by Gasteiger charge is 2.18. The Balaban J connectivity index is 1.63. The van der Waals surface area contributed by atoms with Gasteiger partial charge in [0.05, 0.1) is 12.0 Å². The van der Waals surface area contributed by atoms with Crippen LogP contribution < -0.4 is 0 Å². The third-order valence-electron chi connectivity index (χ3n) is 4.65. The first-order valence-electron chi connectivity index (χ1n) is 9.43. The van der Waals surface area contributed by atoms with Crippen molar-refractivity contribution in [3.05, 3.63) is 102 Å². The summed E-state index contributed by atoms with van der Waals surface area (Å²) in [6, 6.07) is 16.1. The average molecular weight is 368 g/mol. The second-order valence-corrected chi connectivity index (χ2v) is 6.94. The summed E-state index contributed by atoms with van der Waals surface area (Å²) in [7, 11) is 0. The molecule has 0 unspecified atom stereocenters. The number of carbonyl (C=O) groups excluding carboxylic acids is 1. The van der Waals surface area contributed by atoms with Crippen molar-refractivity contribution in [3.8, 4) is 11.8 Å². The van der Waals surface area contributed by atoms with Crippen LogP contribution in [-0.4, -0.2) is 15.8 Å². The minimum atomic E-state index is -0.0956. The minimum Gasteiger partial charge on any atom is -0.351 e. The van der Waals surface area contributed by atoms with Gasteiger partial charge in [-0.25, -0.2) is 4.98 Å². The molecule has 0 aliphatic rings. The van der Waals surface area contributed by atoms with E-state index in [4.69, 9.17) is 0 Å². The molecule has 0 aliphatic heterocycles. The van der Waals surface area contributed by atoms with Crippen LogP contribution in [0.2, 0.25) is 0 Å². The van der Waals surface area contributed by atoms with E-state index in [9.17, 15) is 4.79 Å². The Morgan fingerprint density at radius 2 is 1.75 bits per heavy atom.